The predicted molar refractivity (Wildman–Crippen MR) is 115 cm³/mol. The molecule has 1 N–H and O–H groups in total. The number of nitrogens with one attached hydrogen (secondary N) is 1. The van der Waals surface area contributed by atoms with E-state index < -0.39 is 0 Å². The zero-order valence-corrected chi connectivity index (χ0v) is 16.6. The first-order valence-corrected chi connectivity index (χ1v) is 10.0. The lowest BCUT2D eigenvalue weighted by atomic mass is 10.2. The third-order valence-corrected chi connectivity index (χ3v) is 5.44. The maximum absolute atomic E-state index is 5.86. The van der Waals surface area contributed by atoms with Crippen LogP contribution in [0.3, 0.4) is 0 Å². The smallest absolute Gasteiger partial charge is 0.224 e. The monoisotopic (exact) mass is 407 g/mol. The van der Waals surface area contributed by atoms with Gasteiger partial charge in [-0.2, -0.15) is 0 Å². The molecule has 0 amide bonds. The summed E-state index contributed by atoms with van der Waals surface area (Å²) in [6, 6.07) is 24.4. The molecule has 28 heavy (non-hydrogen) atoms. The van der Waals surface area contributed by atoms with Gasteiger partial charge in [0.15, 0.2) is 0 Å². The van der Waals surface area contributed by atoms with E-state index in [-0.39, 0.29) is 5.28 Å². The molecule has 0 unspecified atom stereocenters. The van der Waals surface area contributed by atoms with Gasteiger partial charge in [0.05, 0.1) is 6.54 Å². The molecule has 2 aromatic heterocycles. The fourth-order valence-corrected chi connectivity index (χ4v) is 3.80. The Bertz CT molecular complexity index is 1040. The highest BCUT2D eigenvalue weighted by Crippen LogP contribution is 2.30. The largest absolute Gasteiger partial charge is 0.489 e. The van der Waals surface area contributed by atoms with Crippen LogP contribution in [0, 0.1) is 0 Å². The van der Waals surface area contributed by atoms with Crippen molar-refractivity contribution in [3.63, 3.8) is 0 Å². The molecule has 0 atom stereocenters. The number of ether oxygens (including phenoxy) is 1. The summed E-state index contributed by atoms with van der Waals surface area (Å²) >= 11 is 7.56. The van der Waals surface area contributed by atoms with Crippen molar-refractivity contribution >= 4 is 28.8 Å². The lowest BCUT2D eigenvalue weighted by molar-refractivity contribution is 0.306. The van der Waals surface area contributed by atoms with Gasteiger partial charge in [-0.15, -0.1) is 11.3 Å². The van der Waals surface area contributed by atoms with Gasteiger partial charge in [0.1, 0.15) is 18.2 Å². The van der Waals surface area contributed by atoms with Crippen LogP contribution in [0.2, 0.25) is 5.28 Å². The maximum atomic E-state index is 5.86. The van der Waals surface area contributed by atoms with E-state index in [1.165, 1.54) is 15.3 Å². The minimum Gasteiger partial charge on any atom is -0.489 e. The van der Waals surface area contributed by atoms with E-state index in [0.29, 0.717) is 13.2 Å². The third kappa shape index (κ3) is 4.88. The van der Waals surface area contributed by atoms with Crippen molar-refractivity contribution < 1.29 is 4.74 Å². The summed E-state index contributed by atoms with van der Waals surface area (Å²) < 4.78 is 5.86. The quantitative estimate of drug-likeness (QED) is 0.379. The summed E-state index contributed by atoms with van der Waals surface area (Å²) in [4.78, 5) is 10.5. The highest BCUT2D eigenvalue weighted by Gasteiger charge is 2.05. The van der Waals surface area contributed by atoms with Crippen molar-refractivity contribution in [2.24, 2.45) is 0 Å². The van der Waals surface area contributed by atoms with Crippen LogP contribution in [-0.4, -0.2) is 9.97 Å². The Labute approximate surface area is 172 Å². The fourth-order valence-electron chi connectivity index (χ4n) is 2.70. The molecule has 0 aliphatic heterocycles. The number of hydrogen-bond donors (Lipinski definition) is 1. The molecule has 0 saturated carbocycles. The van der Waals surface area contributed by atoms with E-state index >= 15 is 0 Å². The van der Waals surface area contributed by atoms with Gasteiger partial charge in [0, 0.05) is 16.0 Å². The van der Waals surface area contributed by atoms with Crippen molar-refractivity contribution in [2.75, 3.05) is 5.32 Å². The van der Waals surface area contributed by atoms with Crippen molar-refractivity contribution in [3.05, 3.63) is 94.7 Å². The van der Waals surface area contributed by atoms with Gasteiger partial charge in [0.2, 0.25) is 5.28 Å². The molecule has 4 rings (SSSR count). The maximum Gasteiger partial charge on any atom is 0.224 e. The van der Waals surface area contributed by atoms with Crippen molar-refractivity contribution in [2.45, 2.75) is 13.2 Å². The zero-order valence-electron chi connectivity index (χ0n) is 15.0. The molecule has 4 aromatic rings. The molecule has 0 aliphatic carbocycles. The van der Waals surface area contributed by atoms with Crippen LogP contribution in [0.15, 0.2) is 79.0 Å². The second kappa shape index (κ2) is 8.87. The Hall–Kier alpha value is -2.89. The molecular weight excluding hydrogens is 390 g/mol. The van der Waals surface area contributed by atoms with Gasteiger partial charge in [-0.1, -0.05) is 30.3 Å². The zero-order chi connectivity index (χ0) is 19.2. The molecule has 0 fully saturated rings. The van der Waals surface area contributed by atoms with Crippen LogP contribution in [0.5, 0.6) is 5.75 Å². The normalized spacial score (nSPS) is 10.6. The number of aromatic nitrogens is 2. The topological polar surface area (TPSA) is 47.0 Å². The first kappa shape index (κ1) is 18.5. The number of rotatable bonds is 7. The average molecular weight is 408 g/mol. The summed E-state index contributed by atoms with van der Waals surface area (Å²) in [5.41, 5.74) is 2.33. The Morgan fingerprint density at radius 1 is 0.929 bits per heavy atom. The van der Waals surface area contributed by atoms with E-state index in [9.17, 15) is 0 Å². The fraction of sp³-hybridized carbons (Fsp3) is 0.0909. The minimum absolute atomic E-state index is 0.242. The standard InChI is InChI=1S/C22H18ClN3OS/c23-22-24-13-12-21(26-22)25-14-19-10-11-20(28-19)17-6-8-18(9-7-17)27-15-16-4-2-1-3-5-16/h1-13H,14-15H2,(H,24,25,26). The van der Waals surface area contributed by atoms with Crippen molar-refractivity contribution in [1.29, 1.82) is 0 Å². The summed E-state index contributed by atoms with van der Waals surface area (Å²) in [5.74, 6) is 1.58. The van der Waals surface area contributed by atoms with E-state index in [1.807, 2.05) is 30.3 Å². The number of hydrogen-bond acceptors (Lipinski definition) is 5. The van der Waals surface area contributed by atoms with Gasteiger partial charge in [-0.3, -0.25) is 0 Å². The third-order valence-electron chi connectivity index (χ3n) is 4.12. The Kier molecular flexibility index (Phi) is 5.85. The minimum atomic E-state index is 0.242. The second-order valence-corrected chi connectivity index (χ2v) is 7.64. The number of anilines is 1. The van der Waals surface area contributed by atoms with Crippen LogP contribution >= 0.6 is 22.9 Å². The van der Waals surface area contributed by atoms with Crippen LogP contribution in [0.25, 0.3) is 10.4 Å². The van der Waals surface area contributed by atoms with Gasteiger partial charge in [-0.25, -0.2) is 9.97 Å². The highest BCUT2D eigenvalue weighted by atomic mass is 35.5. The SMILES string of the molecule is Clc1nccc(NCc2ccc(-c3ccc(OCc4ccccc4)cc3)s2)n1. The molecule has 2 aromatic carbocycles. The van der Waals surface area contributed by atoms with Crippen LogP contribution in [0.4, 0.5) is 5.82 Å². The molecule has 0 aliphatic rings. The lowest BCUT2D eigenvalue weighted by Gasteiger charge is -2.07. The van der Waals surface area contributed by atoms with Gasteiger partial charge in [-0.05, 0) is 65.2 Å². The van der Waals surface area contributed by atoms with E-state index in [1.54, 1.807) is 23.6 Å². The molecule has 2 heterocycles. The van der Waals surface area contributed by atoms with Crippen molar-refractivity contribution in [3.8, 4) is 16.2 Å². The molecule has 0 saturated heterocycles. The first-order valence-electron chi connectivity index (χ1n) is 8.84. The summed E-state index contributed by atoms with van der Waals surface area (Å²) in [5, 5.41) is 3.50. The Morgan fingerprint density at radius 2 is 1.75 bits per heavy atom. The molecule has 0 bridgehead atoms. The number of nitrogens with zero attached hydrogens (tertiary/aromatic N) is 2. The Balaban J connectivity index is 1.35. The molecule has 6 heteroatoms. The van der Waals surface area contributed by atoms with Gasteiger partial charge >= 0.3 is 0 Å². The number of thiophene rings is 1. The number of halogens is 1. The van der Waals surface area contributed by atoms with Gasteiger partial charge in [0.25, 0.3) is 0 Å². The average Bonchev–Trinajstić information content (AvgIpc) is 3.21. The summed E-state index contributed by atoms with van der Waals surface area (Å²) in [7, 11) is 0. The number of benzene rings is 2. The highest BCUT2D eigenvalue weighted by molar-refractivity contribution is 7.15. The first-order chi connectivity index (χ1) is 13.8. The molecule has 0 radical (unpaired) electrons. The Morgan fingerprint density at radius 3 is 2.54 bits per heavy atom. The van der Waals surface area contributed by atoms with Crippen LogP contribution in [-0.2, 0) is 13.2 Å². The summed E-state index contributed by atoms with van der Waals surface area (Å²) in [6.45, 7) is 1.26. The molecule has 4 nitrogen and oxygen atoms in total. The molecular formula is C22H18ClN3OS. The lowest BCUT2D eigenvalue weighted by Crippen LogP contribution is -1.99. The van der Waals surface area contributed by atoms with E-state index in [2.05, 4.69) is 51.7 Å². The second-order valence-electron chi connectivity index (χ2n) is 6.13. The summed E-state index contributed by atoms with van der Waals surface area (Å²) in [6.07, 6.45) is 1.64. The van der Waals surface area contributed by atoms with Crippen LogP contribution < -0.4 is 10.1 Å². The van der Waals surface area contributed by atoms with Gasteiger partial charge < -0.3 is 10.1 Å². The van der Waals surface area contributed by atoms with E-state index in [0.717, 1.165) is 17.1 Å². The van der Waals surface area contributed by atoms with Crippen LogP contribution in [0.1, 0.15) is 10.4 Å². The predicted octanol–water partition coefficient (Wildman–Crippen LogP) is 6.05. The van der Waals surface area contributed by atoms with E-state index in [4.69, 9.17) is 16.3 Å². The molecule has 0 spiro atoms. The molecule has 140 valence electrons. The van der Waals surface area contributed by atoms with Crippen molar-refractivity contribution in [1.82, 2.24) is 9.97 Å².